The van der Waals surface area contributed by atoms with Crippen molar-refractivity contribution in [3.63, 3.8) is 0 Å². The Bertz CT molecular complexity index is 721. The lowest BCUT2D eigenvalue weighted by molar-refractivity contribution is -0.407. The van der Waals surface area contributed by atoms with Gasteiger partial charge in [0.05, 0.1) is 14.3 Å². The highest BCUT2D eigenvalue weighted by Crippen LogP contribution is 2.31. The second kappa shape index (κ2) is 8.15. The summed E-state index contributed by atoms with van der Waals surface area (Å²) >= 11 is 4.24. The summed E-state index contributed by atoms with van der Waals surface area (Å²) in [6.45, 7) is 0. The van der Waals surface area contributed by atoms with E-state index < -0.39 is 6.04 Å². The third-order valence-electron chi connectivity index (χ3n) is 3.16. The van der Waals surface area contributed by atoms with Crippen LogP contribution in [0.5, 0.6) is 17.2 Å². The number of rotatable bonds is 5. The molecule has 2 aromatic carbocycles. The highest BCUT2D eigenvalue weighted by Gasteiger charge is 2.18. The van der Waals surface area contributed by atoms with E-state index in [1.54, 1.807) is 18.2 Å². The fraction of sp³-hybridized carbons (Fsp3) is 0.188. The molecule has 1 unspecified atom stereocenters. The number of aromatic hydroxyl groups is 1. The number of hydrogen-bond acceptors (Lipinski definition) is 4. The van der Waals surface area contributed by atoms with Crippen molar-refractivity contribution in [1.82, 2.24) is 0 Å². The van der Waals surface area contributed by atoms with Gasteiger partial charge in [-0.3, -0.25) is 0 Å². The van der Waals surface area contributed by atoms with Crippen LogP contribution in [0.25, 0.3) is 0 Å². The lowest BCUT2D eigenvalue weighted by Crippen LogP contribution is -2.66. The molecule has 5 nitrogen and oxygen atoms in total. The fourth-order valence-corrected chi connectivity index (χ4v) is 3.14. The number of methoxy groups -OCH3 is 1. The number of carbonyl (C=O) groups excluding carboxylic acids is 1. The first-order valence-electron chi connectivity index (χ1n) is 6.76. The Kier molecular flexibility index (Phi) is 6.48. The Morgan fingerprint density at radius 2 is 1.96 bits per heavy atom. The van der Waals surface area contributed by atoms with Crippen molar-refractivity contribution in [1.29, 1.82) is 0 Å². The van der Waals surface area contributed by atoms with Crippen LogP contribution in [0.15, 0.2) is 36.4 Å². The van der Waals surface area contributed by atoms with Crippen LogP contribution >= 0.6 is 45.2 Å². The molecule has 0 saturated heterocycles. The monoisotopic (exact) mass is 540 g/mol. The number of carbonyl (C=O) groups is 1. The number of phenolic OH excluding ortho intramolecular Hbond substituents is 1. The average molecular weight is 540 g/mol. The van der Waals surface area contributed by atoms with Crippen LogP contribution in [0.4, 0.5) is 0 Å². The van der Waals surface area contributed by atoms with Gasteiger partial charge < -0.3 is 20.3 Å². The average Bonchev–Trinajstić information content (AvgIpc) is 2.52. The van der Waals surface area contributed by atoms with E-state index in [0.717, 1.165) is 18.5 Å². The minimum Gasteiger partial charge on any atom is -0.507 e. The molecule has 4 N–H and O–H groups in total. The Morgan fingerprint density at radius 3 is 2.57 bits per heavy atom. The van der Waals surface area contributed by atoms with Gasteiger partial charge in [0.15, 0.2) is 6.04 Å². The highest BCUT2D eigenvalue weighted by molar-refractivity contribution is 14.1. The van der Waals surface area contributed by atoms with E-state index >= 15 is 0 Å². The van der Waals surface area contributed by atoms with Gasteiger partial charge in [-0.15, -0.1) is 0 Å². The molecule has 0 heterocycles. The molecule has 2 aromatic rings. The number of esters is 1. The molecule has 122 valence electrons. The maximum atomic E-state index is 11.4. The summed E-state index contributed by atoms with van der Waals surface area (Å²) in [5.74, 6) is 1.28. The van der Waals surface area contributed by atoms with Crippen LogP contribution in [0.2, 0.25) is 0 Å². The van der Waals surface area contributed by atoms with Crippen LogP contribution < -0.4 is 10.5 Å². The summed E-state index contributed by atoms with van der Waals surface area (Å²) in [5, 5.41) is 9.54. The Balaban J connectivity index is 2.12. The van der Waals surface area contributed by atoms with E-state index in [4.69, 9.17) is 4.74 Å². The number of hydrogen-bond donors (Lipinski definition) is 2. The van der Waals surface area contributed by atoms with E-state index in [-0.39, 0.29) is 11.7 Å². The van der Waals surface area contributed by atoms with Gasteiger partial charge in [0.25, 0.3) is 0 Å². The van der Waals surface area contributed by atoms with Gasteiger partial charge in [-0.05, 0) is 81.1 Å². The number of halogens is 2. The van der Waals surface area contributed by atoms with Crippen molar-refractivity contribution < 1.29 is 25.1 Å². The van der Waals surface area contributed by atoms with Crippen LogP contribution in [-0.2, 0) is 16.0 Å². The maximum absolute atomic E-state index is 11.4. The quantitative estimate of drug-likeness (QED) is 0.452. The van der Waals surface area contributed by atoms with Gasteiger partial charge in [0.2, 0.25) is 0 Å². The molecule has 0 aliphatic carbocycles. The molecular formula is C16H16I2NO4+. The summed E-state index contributed by atoms with van der Waals surface area (Å²) in [6.07, 6.45) is 0.514. The first-order valence-corrected chi connectivity index (χ1v) is 8.92. The van der Waals surface area contributed by atoms with Crippen molar-refractivity contribution >= 4 is 51.2 Å². The number of benzene rings is 2. The molecule has 2 rings (SSSR count). The van der Waals surface area contributed by atoms with Gasteiger partial charge in [-0.25, -0.2) is 4.79 Å². The molecule has 0 amide bonds. The third kappa shape index (κ3) is 4.95. The number of quaternary nitrogens is 1. The standard InChI is InChI=1S/C16H15I2NO4/c1-22-16(21)13(19)7-9-2-5-15(12(18)6-9)23-10-3-4-14(20)11(17)8-10/h2-6,8,13,20H,7,19H2,1H3/p+1. The Labute approximate surface area is 161 Å². The predicted molar refractivity (Wildman–Crippen MR) is 102 cm³/mol. The second-order valence-electron chi connectivity index (χ2n) is 4.90. The molecule has 0 aliphatic heterocycles. The smallest absolute Gasteiger partial charge is 0.364 e. The largest absolute Gasteiger partial charge is 0.507 e. The molecule has 0 radical (unpaired) electrons. The summed E-state index contributed by atoms with van der Waals surface area (Å²) < 4.78 is 12.2. The van der Waals surface area contributed by atoms with Crippen LogP contribution in [-0.4, -0.2) is 24.2 Å². The zero-order valence-corrected chi connectivity index (χ0v) is 16.7. The van der Waals surface area contributed by atoms with E-state index in [2.05, 4.69) is 33.1 Å². The summed E-state index contributed by atoms with van der Waals surface area (Å²) in [7, 11) is 1.36. The fourth-order valence-electron chi connectivity index (χ4n) is 1.97. The molecule has 7 heteroatoms. The molecule has 0 aliphatic rings. The van der Waals surface area contributed by atoms with Gasteiger partial charge in [0, 0.05) is 6.42 Å². The van der Waals surface area contributed by atoms with Crippen molar-refractivity contribution in [2.75, 3.05) is 7.11 Å². The van der Waals surface area contributed by atoms with Gasteiger partial charge >= 0.3 is 5.97 Å². The highest BCUT2D eigenvalue weighted by atomic mass is 127. The van der Waals surface area contributed by atoms with E-state index in [9.17, 15) is 9.90 Å². The van der Waals surface area contributed by atoms with E-state index in [1.807, 2.05) is 40.8 Å². The zero-order valence-electron chi connectivity index (χ0n) is 12.4. The lowest BCUT2D eigenvalue weighted by atomic mass is 10.1. The van der Waals surface area contributed by atoms with Crippen molar-refractivity contribution in [2.24, 2.45) is 0 Å². The zero-order chi connectivity index (χ0) is 17.0. The minimum atomic E-state index is -0.429. The lowest BCUT2D eigenvalue weighted by Gasteiger charge is -2.11. The first-order chi connectivity index (χ1) is 10.9. The number of ether oxygens (including phenoxy) is 2. The first kappa shape index (κ1) is 18.3. The molecule has 0 saturated carbocycles. The maximum Gasteiger partial charge on any atom is 0.364 e. The minimum absolute atomic E-state index is 0.229. The van der Waals surface area contributed by atoms with Crippen molar-refractivity contribution in [3.05, 3.63) is 49.1 Å². The van der Waals surface area contributed by atoms with Crippen LogP contribution in [0.3, 0.4) is 0 Å². The predicted octanol–water partition coefficient (Wildman–Crippen LogP) is 2.72. The molecule has 0 spiro atoms. The normalized spacial score (nSPS) is 11.8. The van der Waals surface area contributed by atoms with Crippen molar-refractivity contribution in [2.45, 2.75) is 12.5 Å². The summed E-state index contributed by atoms with van der Waals surface area (Å²) in [5.41, 5.74) is 4.80. The van der Waals surface area contributed by atoms with Crippen LogP contribution in [0.1, 0.15) is 5.56 Å². The molecule has 0 fully saturated rings. The SMILES string of the molecule is COC(=O)C([NH3+])Cc1ccc(Oc2ccc(O)c(I)c2)c(I)c1. The van der Waals surface area contributed by atoms with Gasteiger partial charge in [-0.2, -0.15) is 0 Å². The van der Waals surface area contributed by atoms with Gasteiger partial charge in [0.1, 0.15) is 17.2 Å². The topological polar surface area (TPSA) is 83.4 Å². The summed E-state index contributed by atoms with van der Waals surface area (Å²) in [4.78, 5) is 11.4. The van der Waals surface area contributed by atoms with Crippen molar-refractivity contribution in [3.8, 4) is 17.2 Å². The second-order valence-corrected chi connectivity index (χ2v) is 7.23. The Hall–Kier alpha value is -1.07. The Morgan fingerprint density at radius 1 is 1.22 bits per heavy atom. The third-order valence-corrected chi connectivity index (χ3v) is 4.87. The summed E-state index contributed by atoms with van der Waals surface area (Å²) in [6, 6.07) is 10.4. The van der Waals surface area contributed by atoms with E-state index in [0.29, 0.717) is 12.2 Å². The molecule has 1 atom stereocenters. The molecule has 0 aromatic heterocycles. The van der Waals surface area contributed by atoms with Crippen LogP contribution in [0, 0.1) is 7.14 Å². The van der Waals surface area contributed by atoms with E-state index in [1.165, 1.54) is 7.11 Å². The molecule has 23 heavy (non-hydrogen) atoms. The van der Waals surface area contributed by atoms with Gasteiger partial charge in [-0.1, -0.05) is 6.07 Å². The number of phenols is 1. The molecular weight excluding hydrogens is 524 g/mol. The molecule has 0 bridgehead atoms.